The summed E-state index contributed by atoms with van der Waals surface area (Å²) in [5.74, 6) is 1.96. The molecule has 0 amide bonds. The van der Waals surface area contributed by atoms with Gasteiger partial charge in [-0.1, -0.05) is 185 Å². The molecule has 1 aromatic heterocycles. The first-order chi connectivity index (χ1) is 25.4. The van der Waals surface area contributed by atoms with Crippen molar-refractivity contribution in [3.8, 4) is 56.4 Å². The first-order valence-corrected chi connectivity index (χ1v) is 17.9. The summed E-state index contributed by atoms with van der Waals surface area (Å²) in [7, 11) is 0. The van der Waals surface area contributed by atoms with Crippen molar-refractivity contribution in [2.75, 3.05) is 0 Å². The van der Waals surface area contributed by atoms with Gasteiger partial charge < -0.3 is 0 Å². The number of rotatable bonds is 5. The van der Waals surface area contributed by atoms with Crippen molar-refractivity contribution in [2.45, 2.75) is 26.2 Å². The molecular weight excluding hydrogens is 631 g/mol. The summed E-state index contributed by atoms with van der Waals surface area (Å²) in [5, 5.41) is 7.19. The van der Waals surface area contributed by atoms with Gasteiger partial charge in [0.15, 0.2) is 17.5 Å². The van der Waals surface area contributed by atoms with E-state index in [0.717, 1.165) is 27.5 Å². The van der Waals surface area contributed by atoms with Crippen LogP contribution in [0.2, 0.25) is 0 Å². The first-order valence-electron chi connectivity index (χ1n) is 17.9. The molecule has 0 fully saturated rings. The normalized spacial score (nSPS) is 11.8. The smallest absolute Gasteiger partial charge is 0.164 e. The Hall–Kier alpha value is -6.45. The van der Waals surface area contributed by atoms with Gasteiger partial charge in [-0.2, -0.15) is 0 Å². The van der Waals surface area contributed by atoms with Gasteiger partial charge in [-0.3, -0.25) is 0 Å². The maximum atomic E-state index is 5.10. The van der Waals surface area contributed by atoms with Gasteiger partial charge in [0, 0.05) is 16.7 Å². The predicted molar refractivity (Wildman–Crippen MR) is 218 cm³/mol. The summed E-state index contributed by atoms with van der Waals surface area (Å²) in [6.45, 7) is 6.80. The molecule has 0 unspecified atom stereocenters. The first kappa shape index (κ1) is 31.5. The van der Waals surface area contributed by atoms with Crippen LogP contribution in [0.3, 0.4) is 0 Å². The van der Waals surface area contributed by atoms with Gasteiger partial charge in [-0.05, 0) is 71.6 Å². The highest BCUT2D eigenvalue weighted by atomic mass is 15.0. The Morgan fingerprint density at radius 3 is 1.17 bits per heavy atom. The Morgan fingerprint density at radius 2 is 0.692 bits per heavy atom. The van der Waals surface area contributed by atoms with Gasteiger partial charge in [0.25, 0.3) is 0 Å². The summed E-state index contributed by atoms with van der Waals surface area (Å²) in [6.07, 6.45) is 0. The van der Waals surface area contributed by atoms with E-state index >= 15 is 0 Å². The summed E-state index contributed by atoms with van der Waals surface area (Å²) >= 11 is 0. The zero-order chi connectivity index (χ0) is 35.2. The van der Waals surface area contributed by atoms with Crippen LogP contribution in [0, 0.1) is 0 Å². The Morgan fingerprint density at radius 1 is 0.308 bits per heavy atom. The fourth-order valence-corrected chi connectivity index (χ4v) is 7.51. The summed E-state index contributed by atoms with van der Waals surface area (Å²) in [5.41, 5.74) is 9.21. The molecule has 3 heteroatoms. The molecule has 52 heavy (non-hydrogen) atoms. The zero-order valence-corrected chi connectivity index (χ0v) is 29.5. The highest BCUT2D eigenvalue weighted by molar-refractivity contribution is 6.24. The van der Waals surface area contributed by atoms with Gasteiger partial charge in [0.05, 0.1) is 0 Å². The molecule has 0 N–H and O–H groups in total. The van der Waals surface area contributed by atoms with Crippen LogP contribution in [-0.4, -0.2) is 15.0 Å². The molecule has 8 aromatic carbocycles. The van der Waals surface area contributed by atoms with Crippen LogP contribution in [0.15, 0.2) is 170 Å². The second kappa shape index (κ2) is 12.7. The SMILES string of the molecule is CC(C)(C)c1ccc(-c2c3ccccc3c(-c3ccc(-c4nc(-c5ccccc5)nc(-c5ccccc5)n4)c4ccccc34)c3ccccc23)cc1. The molecule has 0 radical (unpaired) electrons. The second-order valence-electron chi connectivity index (χ2n) is 14.4. The Balaban J connectivity index is 1.29. The Kier molecular flexibility index (Phi) is 7.70. The molecule has 0 saturated heterocycles. The highest BCUT2D eigenvalue weighted by Crippen LogP contribution is 2.46. The van der Waals surface area contributed by atoms with Gasteiger partial charge >= 0.3 is 0 Å². The van der Waals surface area contributed by atoms with Gasteiger partial charge in [0.1, 0.15) is 0 Å². The van der Waals surface area contributed by atoms with Crippen molar-refractivity contribution in [1.82, 2.24) is 15.0 Å². The summed E-state index contributed by atoms with van der Waals surface area (Å²) < 4.78 is 0. The quantitative estimate of drug-likeness (QED) is 0.171. The molecule has 0 saturated carbocycles. The highest BCUT2D eigenvalue weighted by Gasteiger charge is 2.21. The number of benzene rings is 8. The van der Waals surface area contributed by atoms with E-state index in [4.69, 9.17) is 15.0 Å². The maximum Gasteiger partial charge on any atom is 0.164 e. The lowest BCUT2D eigenvalue weighted by Crippen LogP contribution is -2.10. The lowest BCUT2D eigenvalue weighted by molar-refractivity contribution is 0.590. The van der Waals surface area contributed by atoms with Crippen molar-refractivity contribution in [2.24, 2.45) is 0 Å². The number of nitrogens with zero attached hydrogens (tertiary/aromatic N) is 3. The molecule has 3 nitrogen and oxygen atoms in total. The number of hydrogen-bond donors (Lipinski definition) is 0. The van der Waals surface area contributed by atoms with Crippen molar-refractivity contribution in [3.63, 3.8) is 0 Å². The van der Waals surface area contributed by atoms with E-state index in [0.29, 0.717) is 17.5 Å². The minimum Gasteiger partial charge on any atom is -0.208 e. The molecule has 0 atom stereocenters. The Bertz CT molecular complexity index is 2630. The molecule has 0 aliphatic rings. The van der Waals surface area contributed by atoms with E-state index in [9.17, 15) is 0 Å². The molecule has 9 aromatic rings. The van der Waals surface area contributed by atoms with E-state index < -0.39 is 0 Å². The van der Waals surface area contributed by atoms with Gasteiger partial charge in [-0.15, -0.1) is 0 Å². The average molecular weight is 668 g/mol. The lowest BCUT2D eigenvalue weighted by Gasteiger charge is -2.21. The minimum absolute atomic E-state index is 0.0905. The van der Waals surface area contributed by atoms with E-state index in [1.807, 2.05) is 60.7 Å². The third-order valence-corrected chi connectivity index (χ3v) is 10.1. The monoisotopic (exact) mass is 667 g/mol. The summed E-state index contributed by atoms with van der Waals surface area (Å²) in [6, 6.07) is 60.3. The third-order valence-electron chi connectivity index (χ3n) is 10.1. The molecule has 0 bridgehead atoms. The fourth-order valence-electron chi connectivity index (χ4n) is 7.51. The molecular formula is C49H37N3. The maximum absolute atomic E-state index is 5.10. The minimum atomic E-state index is 0.0905. The number of hydrogen-bond acceptors (Lipinski definition) is 3. The van der Waals surface area contributed by atoms with Crippen LogP contribution >= 0.6 is 0 Å². The molecule has 1 heterocycles. The second-order valence-corrected chi connectivity index (χ2v) is 14.4. The number of fused-ring (bicyclic) bond motifs is 3. The summed E-state index contributed by atoms with van der Waals surface area (Å²) in [4.78, 5) is 15.1. The van der Waals surface area contributed by atoms with E-state index in [1.54, 1.807) is 0 Å². The topological polar surface area (TPSA) is 38.7 Å². The fraction of sp³-hybridized carbons (Fsp3) is 0.0816. The average Bonchev–Trinajstić information content (AvgIpc) is 3.20. The van der Waals surface area contributed by atoms with Crippen LogP contribution in [-0.2, 0) is 5.41 Å². The van der Waals surface area contributed by atoms with Crippen LogP contribution in [0.1, 0.15) is 26.3 Å². The van der Waals surface area contributed by atoms with Crippen LogP contribution in [0.25, 0.3) is 88.7 Å². The molecule has 0 spiro atoms. The zero-order valence-electron chi connectivity index (χ0n) is 29.5. The molecule has 9 rings (SSSR count). The molecule has 0 aliphatic carbocycles. The van der Waals surface area contributed by atoms with Crippen LogP contribution < -0.4 is 0 Å². The van der Waals surface area contributed by atoms with Gasteiger partial charge in [0.2, 0.25) is 0 Å². The standard InChI is InChI=1S/C49H37N3/c1-49(2,3)35-28-26-32(27-29-35)44-38-22-12-14-24-40(38)45(41-25-15-13-23-39(41)44)42-30-31-43(37-21-11-10-20-36(37)42)48-51-46(33-16-6-4-7-17-33)50-47(52-48)34-18-8-5-9-19-34/h4-31H,1-3H3. The largest absolute Gasteiger partial charge is 0.208 e. The lowest BCUT2D eigenvalue weighted by atomic mass is 9.83. The van der Waals surface area contributed by atoms with Crippen molar-refractivity contribution >= 4 is 32.3 Å². The predicted octanol–water partition coefficient (Wildman–Crippen LogP) is 13.0. The molecule has 0 aliphatic heterocycles. The van der Waals surface area contributed by atoms with Crippen LogP contribution in [0.5, 0.6) is 0 Å². The van der Waals surface area contributed by atoms with E-state index in [-0.39, 0.29) is 5.41 Å². The van der Waals surface area contributed by atoms with Crippen LogP contribution in [0.4, 0.5) is 0 Å². The van der Waals surface area contributed by atoms with Crippen molar-refractivity contribution in [1.29, 1.82) is 0 Å². The van der Waals surface area contributed by atoms with E-state index in [1.165, 1.54) is 49.4 Å². The third kappa shape index (κ3) is 5.52. The van der Waals surface area contributed by atoms with E-state index in [2.05, 4.69) is 130 Å². The van der Waals surface area contributed by atoms with Gasteiger partial charge in [-0.25, -0.2) is 15.0 Å². The number of aromatic nitrogens is 3. The molecule has 248 valence electrons. The Labute approximate surface area is 304 Å². The van der Waals surface area contributed by atoms with Crippen molar-refractivity contribution in [3.05, 3.63) is 175 Å². The van der Waals surface area contributed by atoms with Crippen molar-refractivity contribution < 1.29 is 0 Å².